The Bertz CT molecular complexity index is 1500. The summed E-state index contributed by atoms with van der Waals surface area (Å²) in [5.74, 6) is 0.105. The van der Waals surface area contributed by atoms with E-state index < -0.39 is 38.3 Å². The van der Waals surface area contributed by atoms with Crippen molar-refractivity contribution >= 4 is 0 Å². The number of hydrogen-bond donors (Lipinski definition) is 0. The smallest absolute Gasteiger partial charge is 0.411 e. The molecule has 0 radical (unpaired) electrons. The van der Waals surface area contributed by atoms with Crippen LogP contribution in [0.5, 0.6) is 11.5 Å². The number of rotatable bonds is 16. The molecule has 3 nitrogen and oxygen atoms in total. The highest BCUT2D eigenvalue weighted by Crippen LogP contribution is 2.39. The van der Waals surface area contributed by atoms with E-state index in [0.29, 0.717) is 11.1 Å². The summed E-state index contributed by atoms with van der Waals surface area (Å²) in [5.41, 5.74) is 3.56. The fourth-order valence-electron chi connectivity index (χ4n) is 5.43. The van der Waals surface area contributed by atoms with Gasteiger partial charge >= 0.3 is 12.4 Å². The molecule has 2 atom stereocenters. The van der Waals surface area contributed by atoms with Gasteiger partial charge in [-0.1, -0.05) is 99.5 Å². The molecule has 0 amide bonds. The molecule has 4 aromatic rings. The second-order valence-corrected chi connectivity index (χ2v) is 11.7. The average Bonchev–Trinajstić information content (AvgIpc) is 3.05. The summed E-state index contributed by atoms with van der Waals surface area (Å²) in [4.78, 5) is 0. The van der Waals surface area contributed by atoms with Crippen molar-refractivity contribution in [3.8, 4) is 11.5 Å². The van der Waals surface area contributed by atoms with Crippen LogP contribution in [-0.2, 0) is 35.2 Å². The van der Waals surface area contributed by atoms with E-state index in [1.807, 2.05) is 62.4 Å². The molecule has 0 aromatic heterocycles. The molecular weight excluding hydrogens is 656 g/mol. The van der Waals surface area contributed by atoms with E-state index in [0.717, 1.165) is 36.8 Å². The molecular formula is C38H38F8O3. The molecule has 0 N–H and O–H groups in total. The van der Waals surface area contributed by atoms with E-state index in [9.17, 15) is 26.3 Å². The minimum Gasteiger partial charge on any atom is -0.457 e. The summed E-state index contributed by atoms with van der Waals surface area (Å²) in [6.45, 7) is 0.440. The molecule has 0 saturated heterocycles. The maximum atomic E-state index is 15.4. The van der Waals surface area contributed by atoms with Crippen molar-refractivity contribution in [3.05, 3.63) is 129 Å². The van der Waals surface area contributed by atoms with Gasteiger partial charge in [-0.2, -0.15) is 26.3 Å². The van der Waals surface area contributed by atoms with Gasteiger partial charge in [0.05, 0.1) is 0 Å². The lowest BCUT2D eigenvalue weighted by atomic mass is 9.96. The molecule has 49 heavy (non-hydrogen) atoms. The Morgan fingerprint density at radius 2 is 0.857 bits per heavy atom. The van der Waals surface area contributed by atoms with E-state index in [4.69, 9.17) is 4.74 Å². The topological polar surface area (TPSA) is 27.7 Å². The third kappa shape index (κ3) is 11.6. The predicted octanol–water partition coefficient (Wildman–Crippen LogP) is 11.7. The number of halogens is 8. The largest absolute Gasteiger partial charge is 0.457 e. The van der Waals surface area contributed by atoms with Gasteiger partial charge in [-0.25, -0.2) is 8.78 Å². The Morgan fingerprint density at radius 3 is 1.18 bits per heavy atom. The van der Waals surface area contributed by atoms with Gasteiger partial charge in [-0.15, -0.1) is 0 Å². The van der Waals surface area contributed by atoms with Crippen molar-refractivity contribution in [3.63, 3.8) is 0 Å². The summed E-state index contributed by atoms with van der Waals surface area (Å²) < 4.78 is 124. The summed E-state index contributed by atoms with van der Waals surface area (Å²) in [6.07, 6.45) is -10.8. The first-order valence-electron chi connectivity index (χ1n) is 16.0. The van der Waals surface area contributed by atoms with Crippen LogP contribution in [0.25, 0.3) is 0 Å². The molecule has 0 spiro atoms. The van der Waals surface area contributed by atoms with E-state index in [1.165, 1.54) is 36.4 Å². The Morgan fingerprint density at radius 1 is 0.510 bits per heavy atom. The number of alkyl halides is 8. The van der Waals surface area contributed by atoms with E-state index >= 15 is 8.78 Å². The maximum Gasteiger partial charge on any atom is 0.411 e. The first-order chi connectivity index (χ1) is 23.3. The van der Waals surface area contributed by atoms with Gasteiger partial charge in [0.25, 0.3) is 0 Å². The van der Waals surface area contributed by atoms with Gasteiger partial charge in [0.2, 0.25) is 12.7 Å². The zero-order valence-electron chi connectivity index (χ0n) is 27.1. The molecule has 0 heterocycles. The fourth-order valence-corrected chi connectivity index (χ4v) is 5.43. The van der Waals surface area contributed by atoms with Crippen LogP contribution in [0.3, 0.4) is 0 Å². The third-order valence-corrected chi connectivity index (χ3v) is 7.72. The molecule has 4 rings (SSSR count). The van der Waals surface area contributed by atoms with Crippen molar-refractivity contribution in [2.45, 2.75) is 77.4 Å². The number of aryl methyl sites for hydroxylation is 2. The zero-order valence-corrected chi connectivity index (χ0v) is 27.1. The predicted molar refractivity (Wildman–Crippen MR) is 171 cm³/mol. The van der Waals surface area contributed by atoms with Crippen LogP contribution in [0.4, 0.5) is 35.1 Å². The van der Waals surface area contributed by atoms with Crippen LogP contribution in [0.15, 0.2) is 84.9 Å². The summed E-state index contributed by atoms with van der Waals surface area (Å²) >= 11 is 0. The maximum absolute atomic E-state index is 15.4. The highest BCUT2D eigenvalue weighted by molar-refractivity contribution is 5.50. The second-order valence-electron chi connectivity index (χ2n) is 11.7. The third-order valence-electron chi connectivity index (χ3n) is 7.72. The summed E-state index contributed by atoms with van der Waals surface area (Å²) in [6, 6.07) is 23.3. The fraction of sp³-hybridized carbons (Fsp3) is 0.368. The molecule has 0 aliphatic heterocycles. The Kier molecular flexibility index (Phi) is 13.2. The number of ether oxygens (including phenoxy) is 3. The minimum atomic E-state index is -4.77. The second kappa shape index (κ2) is 17.1. The molecule has 264 valence electrons. The highest BCUT2D eigenvalue weighted by atomic mass is 19.4. The van der Waals surface area contributed by atoms with Gasteiger partial charge in [0.1, 0.15) is 24.7 Å². The van der Waals surface area contributed by atoms with Crippen LogP contribution in [-0.4, -0.2) is 25.6 Å². The van der Waals surface area contributed by atoms with Gasteiger partial charge in [-0.05, 0) is 47.2 Å². The van der Waals surface area contributed by atoms with Gasteiger partial charge in [0.15, 0.2) is 0 Å². The van der Waals surface area contributed by atoms with Crippen LogP contribution in [0, 0.1) is 0 Å². The van der Waals surface area contributed by atoms with Crippen molar-refractivity contribution in [1.29, 1.82) is 0 Å². The first kappa shape index (κ1) is 37.9. The highest BCUT2D eigenvalue weighted by Gasteiger charge is 2.32. The number of hydrogen-bond acceptors (Lipinski definition) is 3. The minimum absolute atomic E-state index is 0.0437. The number of benzene rings is 4. The Hall–Kier alpha value is -3.96. The summed E-state index contributed by atoms with van der Waals surface area (Å²) in [5, 5.41) is 0. The lowest BCUT2D eigenvalue weighted by molar-refractivity contribution is -0.203. The normalized spacial score (nSPS) is 13.3. The first-order valence-corrected chi connectivity index (χ1v) is 16.0. The van der Waals surface area contributed by atoms with Crippen molar-refractivity contribution in [1.82, 2.24) is 0 Å². The molecule has 0 saturated carbocycles. The lowest BCUT2D eigenvalue weighted by Gasteiger charge is -2.22. The molecule has 0 aliphatic carbocycles. The zero-order chi connectivity index (χ0) is 35.6. The quantitative estimate of drug-likeness (QED) is 0.109. The van der Waals surface area contributed by atoms with E-state index in [1.54, 1.807) is 0 Å². The molecule has 0 fully saturated rings. The molecule has 2 unspecified atom stereocenters. The monoisotopic (exact) mass is 694 g/mol. The van der Waals surface area contributed by atoms with Crippen molar-refractivity contribution < 1.29 is 49.3 Å². The van der Waals surface area contributed by atoms with Crippen LogP contribution < -0.4 is 4.74 Å². The van der Waals surface area contributed by atoms with Gasteiger partial charge < -0.3 is 14.2 Å². The average molecular weight is 695 g/mol. The van der Waals surface area contributed by atoms with Crippen molar-refractivity contribution in [2.75, 3.05) is 13.2 Å². The van der Waals surface area contributed by atoms with Gasteiger partial charge in [0, 0.05) is 35.1 Å². The summed E-state index contributed by atoms with van der Waals surface area (Å²) in [7, 11) is 0. The van der Waals surface area contributed by atoms with Crippen LogP contribution >= 0.6 is 0 Å². The van der Waals surface area contributed by atoms with Gasteiger partial charge in [-0.3, -0.25) is 0 Å². The van der Waals surface area contributed by atoms with Crippen LogP contribution in [0.2, 0.25) is 0 Å². The SMILES string of the molecule is CCCc1ccc(Cc2c(Oc3cccc(C(F)OCC(F)(F)F)c3Cc3ccc(CCC)cc3)cccc2C(F)OCC(F)(F)F)cc1. The molecule has 0 bridgehead atoms. The van der Waals surface area contributed by atoms with E-state index in [2.05, 4.69) is 9.47 Å². The Labute approximate surface area is 280 Å². The van der Waals surface area contributed by atoms with Crippen molar-refractivity contribution in [2.24, 2.45) is 0 Å². The Balaban J connectivity index is 1.78. The molecule has 4 aromatic carbocycles. The standard InChI is InChI=1S/C38H38F8O3/c1-3-7-25-13-17-27(18-14-25)21-31-29(35(39)47-23-37(41,42)43)9-5-11-33(31)49-34-12-6-10-30(36(40)48-24-38(44,45)46)32(34)22-28-19-15-26(8-4-2)16-20-28/h5-6,9-20,35-36H,3-4,7-8,21-24H2,1-2H3. The molecule has 0 aliphatic rings. The van der Waals surface area contributed by atoms with Crippen LogP contribution in [0.1, 0.15) is 83.9 Å². The van der Waals surface area contributed by atoms with E-state index in [-0.39, 0.29) is 46.6 Å². The molecule has 11 heteroatoms. The lowest BCUT2D eigenvalue weighted by Crippen LogP contribution is -2.19.